The Balaban J connectivity index is 2.15. The molecule has 0 radical (unpaired) electrons. The van der Waals surface area contributed by atoms with Crippen molar-refractivity contribution in [2.24, 2.45) is 0 Å². The summed E-state index contributed by atoms with van der Waals surface area (Å²) in [4.78, 5) is 23.8. The van der Waals surface area contributed by atoms with E-state index in [-0.39, 0.29) is 22.4 Å². The van der Waals surface area contributed by atoms with Gasteiger partial charge in [-0.15, -0.1) is 0 Å². The fourth-order valence-corrected chi connectivity index (χ4v) is 2.38. The zero-order chi connectivity index (χ0) is 15.4. The molecule has 0 bridgehead atoms. The zero-order valence-corrected chi connectivity index (χ0v) is 12.7. The van der Waals surface area contributed by atoms with Crippen LogP contribution in [0.1, 0.15) is 23.8 Å². The number of aromatic nitrogens is 2. The third kappa shape index (κ3) is 3.55. The second kappa shape index (κ2) is 6.62. The highest BCUT2D eigenvalue weighted by atomic mass is 32.2. The first-order valence-corrected chi connectivity index (χ1v) is 8.20. The molecule has 0 fully saturated rings. The van der Waals surface area contributed by atoms with E-state index in [9.17, 15) is 13.8 Å². The van der Waals surface area contributed by atoms with Crippen molar-refractivity contribution in [2.75, 3.05) is 12.8 Å². The summed E-state index contributed by atoms with van der Waals surface area (Å²) < 4.78 is 11.2. The van der Waals surface area contributed by atoms with Crippen molar-refractivity contribution in [3.05, 3.63) is 40.3 Å². The molecule has 2 unspecified atom stereocenters. The molecule has 1 aromatic carbocycles. The number of nitrogens with zero attached hydrogens (tertiary/aromatic N) is 1. The maximum atomic E-state index is 12.1. The average Bonchev–Trinajstić information content (AvgIpc) is 2.47. The van der Waals surface area contributed by atoms with Crippen LogP contribution in [0.2, 0.25) is 0 Å². The van der Waals surface area contributed by atoms with Gasteiger partial charge in [-0.1, -0.05) is 25.1 Å². The van der Waals surface area contributed by atoms with E-state index in [4.69, 9.17) is 0 Å². The number of hydrogen-bond donors (Lipinski definition) is 2. The van der Waals surface area contributed by atoms with E-state index in [2.05, 4.69) is 15.5 Å². The first-order valence-electron chi connectivity index (χ1n) is 6.58. The quantitative estimate of drug-likeness (QED) is 0.855. The van der Waals surface area contributed by atoms with E-state index in [0.29, 0.717) is 23.7 Å². The number of nitrogens with one attached hydrogen (secondary N) is 2. The number of fused-ring (bicyclic) bond motifs is 1. The molecule has 0 saturated heterocycles. The molecule has 2 N–H and O–H groups in total. The van der Waals surface area contributed by atoms with Crippen LogP contribution >= 0.6 is 0 Å². The third-order valence-corrected chi connectivity index (χ3v) is 4.68. The number of H-pyrrole nitrogens is 1. The van der Waals surface area contributed by atoms with Gasteiger partial charge in [0.25, 0.3) is 11.5 Å². The summed E-state index contributed by atoms with van der Waals surface area (Å²) in [6.45, 7) is 2.28. The van der Waals surface area contributed by atoms with Crippen LogP contribution in [0.3, 0.4) is 0 Å². The summed E-state index contributed by atoms with van der Waals surface area (Å²) in [6.07, 6.45) is 2.26. The molecule has 0 saturated carbocycles. The Kier molecular flexibility index (Phi) is 4.85. The summed E-state index contributed by atoms with van der Waals surface area (Å²) in [7, 11) is -0.909. The Hall–Kier alpha value is -2.02. The van der Waals surface area contributed by atoms with Crippen LogP contribution < -0.4 is 10.9 Å². The number of hydrogen-bond acceptors (Lipinski definition) is 4. The number of carbonyl (C=O) groups is 1. The highest BCUT2D eigenvalue weighted by Gasteiger charge is 2.14. The minimum absolute atomic E-state index is 0.0191. The molecule has 21 heavy (non-hydrogen) atoms. The van der Waals surface area contributed by atoms with Crippen molar-refractivity contribution in [1.29, 1.82) is 0 Å². The molecular formula is C14H17N3O3S. The molecule has 112 valence electrons. The number of amides is 1. The summed E-state index contributed by atoms with van der Waals surface area (Å²) >= 11 is 0. The molecule has 1 heterocycles. The number of rotatable bonds is 5. The summed E-state index contributed by atoms with van der Waals surface area (Å²) in [5.74, 6) is -0.350. The predicted octanol–water partition coefficient (Wildman–Crippen LogP) is 0.810. The van der Waals surface area contributed by atoms with Crippen LogP contribution in [0.5, 0.6) is 0 Å². The lowest BCUT2D eigenvalue weighted by Crippen LogP contribution is -2.29. The molecule has 2 aromatic rings. The molecule has 1 amide bonds. The van der Waals surface area contributed by atoms with Crippen LogP contribution in [0, 0.1) is 0 Å². The van der Waals surface area contributed by atoms with Crippen molar-refractivity contribution < 1.29 is 9.00 Å². The molecular weight excluding hydrogens is 290 g/mol. The Morgan fingerprint density at radius 1 is 1.38 bits per heavy atom. The van der Waals surface area contributed by atoms with Gasteiger partial charge in [0.15, 0.2) is 5.69 Å². The zero-order valence-electron chi connectivity index (χ0n) is 11.9. The van der Waals surface area contributed by atoms with E-state index in [1.54, 1.807) is 30.5 Å². The van der Waals surface area contributed by atoms with Crippen molar-refractivity contribution in [3.8, 4) is 0 Å². The van der Waals surface area contributed by atoms with Crippen molar-refractivity contribution >= 4 is 27.5 Å². The van der Waals surface area contributed by atoms with Crippen molar-refractivity contribution in [3.63, 3.8) is 0 Å². The molecule has 0 aliphatic carbocycles. The van der Waals surface area contributed by atoms with E-state index >= 15 is 0 Å². The molecule has 2 atom stereocenters. The Labute approximate surface area is 124 Å². The van der Waals surface area contributed by atoms with Crippen molar-refractivity contribution in [1.82, 2.24) is 15.5 Å². The first kappa shape index (κ1) is 15.4. The average molecular weight is 307 g/mol. The lowest BCUT2D eigenvalue weighted by atomic mass is 10.1. The van der Waals surface area contributed by atoms with E-state index in [1.807, 2.05) is 6.92 Å². The highest BCUT2D eigenvalue weighted by Crippen LogP contribution is 2.12. The fraction of sp³-hybridized carbons (Fsp3) is 0.357. The van der Waals surface area contributed by atoms with Gasteiger partial charge in [-0.25, -0.2) is 5.10 Å². The van der Waals surface area contributed by atoms with Crippen molar-refractivity contribution in [2.45, 2.75) is 18.6 Å². The topological polar surface area (TPSA) is 91.9 Å². The SMILES string of the molecule is CC(CCNC(=O)c1n[nH]c(=O)c2ccccc12)S(C)=O. The van der Waals surface area contributed by atoms with Crippen LogP contribution in [0.4, 0.5) is 0 Å². The molecule has 0 aliphatic rings. The van der Waals surface area contributed by atoms with Gasteiger partial charge in [0.2, 0.25) is 0 Å². The lowest BCUT2D eigenvalue weighted by Gasteiger charge is -2.09. The maximum absolute atomic E-state index is 12.1. The predicted molar refractivity (Wildman–Crippen MR) is 82.8 cm³/mol. The Bertz CT molecular complexity index is 742. The Morgan fingerprint density at radius 2 is 2.05 bits per heavy atom. The fourth-order valence-electron chi connectivity index (χ4n) is 1.93. The second-order valence-electron chi connectivity index (χ2n) is 4.80. The van der Waals surface area contributed by atoms with Gasteiger partial charge >= 0.3 is 0 Å². The largest absolute Gasteiger partial charge is 0.351 e. The Morgan fingerprint density at radius 3 is 2.71 bits per heavy atom. The van der Waals surface area contributed by atoms with Crippen LogP contribution in [0.25, 0.3) is 10.8 Å². The molecule has 6 nitrogen and oxygen atoms in total. The minimum atomic E-state index is -0.909. The van der Waals surface area contributed by atoms with Crippen LogP contribution in [0.15, 0.2) is 29.1 Å². The first-order chi connectivity index (χ1) is 10.0. The molecule has 2 rings (SSSR count). The second-order valence-corrected chi connectivity index (χ2v) is 6.60. The summed E-state index contributed by atoms with van der Waals surface area (Å²) in [5, 5.41) is 9.86. The molecule has 0 aliphatic heterocycles. The van der Waals surface area contributed by atoms with E-state index < -0.39 is 10.8 Å². The number of benzene rings is 1. The van der Waals surface area contributed by atoms with Gasteiger partial charge in [0.1, 0.15) is 0 Å². The number of carbonyl (C=O) groups excluding carboxylic acids is 1. The lowest BCUT2D eigenvalue weighted by molar-refractivity contribution is 0.0949. The van der Waals surface area contributed by atoms with E-state index in [0.717, 1.165) is 0 Å². The minimum Gasteiger partial charge on any atom is -0.351 e. The van der Waals surface area contributed by atoms with Gasteiger partial charge in [0, 0.05) is 34.2 Å². The van der Waals surface area contributed by atoms with Gasteiger partial charge in [-0.2, -0.15) is 5.10 Å². The van der Waals surface area contributed by atoms with Crippen LogP contribution in [-0.4, -0.2) is 38.4 Å². The molecule has 1 aromatic heterocycles. The molecule has 7 heteroatoms. The monoisotopic (exact) mass is 307 g/mol. The normalized spacial score (nSPS) is 13.8. The van der Waals surface area contributed by atoms with Gasteiger partial charge in [-0.05, 0) is 12.5 Å². The third-order valence-electron chi connectivity index (χ3n) is 3.31. The number of aromatic amines is 1. The van der Waals surface area contributed by atoms with Gasteiger partial charge in [0.05, 0.1) is 5.39 Å². The smallest absolute Gasteiger partial charge is 0.272 e. The molecule has 0 spiro atoms. The van der Waals surface area contributed by atoms with Crippen LogP contribution in [-0.2, 0) is 10.8 Å². The van der Waals surface area contributed by atoms with E-state index in [1.165, 1.54) is 0 Å². The summed E-state index contributed by atoms with van der Waals surface area (Å²) in [5.41, 5.74) is -0.132. The highest BCUT2D eigenvalue weighted by molar-refractivity contribution is 7.84. The standard InChI is InChI=1S/C14H17N3O3S/c1-9(21(2)20)7-8-15-14(19)12-10-5-3-4-6-11(10)13(18)17-16-12/h3-6,9H,7-8H2,1-2H3,(H,15,19)(H,17,18). The summed E-state index contributed by atoms with van der Waals surface area (Å²) in [6, 6.07) is 6.82. The van der Waals surface area contributed by atoms with Gasteiger partial charge in [-0.3, -0.25) is 13.8 Å². The van der Waals surface area contributed by atoms with Gasteiger partial charge < -0.3 is 5.32 Å². The maximum Gasteiger partial charge on any atom is 0.272 e.